The van der Waals surface area contributed by atoms with Gasteiger partial charge in [-0.3, -0.25) is 4.99 Å². The van der Waals surface area contributed by atoms with Crippen LogP contribution in [-0.4, -0.2) is 17.5 Å². The van der Waals surface area contributed by atoms with Crippen molar-refractivity contribution in [2.45, 2.75) is 26.7 Å². The standard InChI is InChI=1S/C15H19N3S/c1-3-15(4-2)10-17-14(19-11-15)18-13-7-5-12(9-16)6-8-13/h5-8H,3-4,10-11H2,1-2H3,(H,17,18). The first-order chi connectivity index (χ1) is 9.21. The van der Waals surface area contributed by atoms with Crippen molar-refractivity contribution in [2.24, 2.45) is 10.4 Å². The fraction of sp³-hybridized carbons (Fsp3) is 0.467. The Morgan fingerprint density at radius 2 is 2.00 bits per heavy atom. The van der Waals surface area contributed by atoms with Crippen molar-refractivity contribution in [1.29, 1.82) is 5.26 Å². The molecule has 0 unspecified atom stereocenters. The molecule has 0 saturated heterocycles. The quantitative estimate of drug-likeness (QED) is 0.909. The number of aliphatic imine (C=N–C) groups is 1. The first-order valence-electron chi connectivity index (χ1n) is 6.66. The molecule has 1 heterocycles. The highest BCUT2D eigenvalue weighted by Crippen LogP contribution is 2.35. The largest absolute Gasteiger partial charge is 0.335 e. The van der Waals surface area contributed by atoms with Gasteiger partial charge in [-0.1, -0.05) is 25.6 Å². The van der Waals surface area contributed by atoms with Gasteiger partial charge in [0.05, 0.1) is 11.6 Å². The zero-order valence-electron chi connectivity index (χ0n) is 11.4. The third kappa shape index (κ3) is 3.30. The van der Waals surface area contributed by atoms with Crippen LogP contribution in [0.3, 0.4) is 0 Å². The highest BCUT2D eigenvalue weighted by Gasteiger charge is 2.30. The summed E-state index contributed by atoms with van der Waals surface area (Å²) in [5.74, 6) is 1.13. The molecular weight excluding hydrogens is 254 g/mol. The number of nitrogens with zero attached hydrogens (tertiary/aromatic N) is 2. The van der Waals surface area contributed by atoms with E-state index in [0.29, 0.717) is 11.0 Å². The fourth-order valence-electron chi connectivity index (χ4n) is 2.06. The van der Waals surface area contributed by atoms with E-state index in [4.69, 9.17) is 5.26 Å². The summed E-state index contributed by atoms with van der Waals surface area (Å²) in [6.07, 6.45) is 2.37. The van der Waals surface area contributed by atoms with Crippen molar-refractivity contribution in [3.8, 4) is 6.07 Å². The molecule has 0 atom stereocenters. The highest BCUT2D eigenvalue weighted by molar-refractivity contribution is 8.14. The van der Waals surface area contributed by atoms with Crippen LogP contribution in [0.15, 0.2) is 29.3 Å². The lowest BCUT2D eigenvalue weighted by Crippen LogP contribution is -2.32. The molecule has 0 fully saturated rings. The lowest BCUT2D eigenvalue weighted by atomic mass is 9.84. The summed E-state index contributed by atoms with van der Waals surface area (Å²) in [4.78, 5) is 4.67. The molecule has 1 N–H and O–H groups in total. The Hall–Kier alpha value is -1.47. The molecule has 0 aromatic heterocycles. The molecule has 0 radical (unpaired) electrons. The van der Waals surface area contributed by atoms with E-state index >= 15 is 0 Å². The van der Waals surface area contributed by atoms with Crippen molar-refractivity contribution >= 4 is 22.6 Å². The molecule has 100 valence electrons. The molecule has 1 aliphatic rings. The molecule has 1 aliphatic heterocycles. The van der Waals surface area contributed by atoms with Gasteiger partial charge in [-0.25, -0.2) is 0 Å². The number of rotatable bonds is 3. The number of nitrogens with one attached hydrogen (secondary N) is 1. The average Bonchev–Trinajstić information content (AvgIpc) is 2.49. The monoisotopic (exact) mass is 273 g/mol. The van der Waals surface area contributed by atoms with Crippen molar-refractivity contribution in [2.75, 3.05) is 17.6 Å². The Morgan fingerprint density at radius 1 is 1.32 bits per heavy atom. The molecule has 0 saturated carbocycles. The number of benzene rings is 1. The number of nitriles is 1. The summed E-state index contributed by atoms with van der Waals surface area (Å²) in [5.41, 5.74) is 2.05. The van der Waals surface area contributed by atoms with E-state index in [1.807, 2.05) is 24.3 Å². The van der Waals surface area contributed by atoms with Gasteiger partial charge in [0.1, 0.15) is 0 Å². The molecule has 0 bridgehead atoms. The van der Waals surface area contributed by atoms with Crippen molar-refractivity contribution in [3.05, 3.63) is 29.8 Å². The normalized spacial score (nSPS) is 17.4. The van der Waals surface area contributed by atoms with Gasteiger partial charge in [0.15, 0.2) is 5.17 Å². The van der Waals surface area contributed by atoms with E-state index in [9.17, 15) is 0 Å². The Kier molecular flexibility index (Phi) is 4.49. The Balaban J connectivity index is 2.01. The van der Waals surface area contributed by atoms with E-state index in [1.165, 1.54) is 12.8 Å². The minimum atomic E-state index is 0.376. The summed E-state index contributed by atoms with van der Waals surface area (Å²) in [7, 11) is 0. The summed E-state index contributed by atoms with van der Waals surface area (Å²) in [6, 6.07) is 9.60. The SMILES string of the molecule is CCC1(CC)CN=C(Nc2ccc(C#N)cc2)SC1. The first kappa shape index (κ1) is 14.0. The van der Waals surface area contributed by atoms with Gasteiger partial charge >= 0.3 is 0 Å². The van der Waals surface area contributed by atoms with Crippen LogP contribution in [0.2, 0.25) is 0 Å². The molecule has 0 amide bonds. The van der Waals surface area contributed by atoms with Gasteiger partial charge in [-0.15, -0.1) is 0 Å². The third-order valence-electron chi connectivity index (χ3n) is 3.84. The smallest absolute Gasteiger partial charge is 0.161 e. The van der Waals surface area contributed by atoms with Gasteiger partial charge in [0.25, 0.3) is 0 Å². The first-order valence-corrected chi connectivity index (χ1v) is 7.64. The van der Waals surface area contributed by atoms with Gasteiger partial charge in [-0.05, 0) is 42.5 Å². The number of amidine groups is 1. The Morgan fingerprint density at radius 3 is 2.47 bits per heavy atom. The van der Waals surface area contributed by atoms with Crippen LogP contribution in [-0.2, 0) is 0 Å². The van der Waals surface area contributed by atoms with E-state index in [-0.39, 0.29) is 0 Å². The van der Waals surface area contributed by atoms with Gasteiger partial charge < -0.3 is 5.32 Å². The van der Waals surface area contributed by atoms with E-state index in [1.54, 1.807) is 11.8 Å². The Labute approximate surface area is 119 Å². The average molecular weight is 273 g/mol. The van der Waals surface area contributed by atoms with Crippen molar-refractivity contribution in [3.63, 3.8) is 0 Å². The zero-order valence-corrected chi connectivity index (χ0v) is 12.3. The van der Waals surface area contributed by atoms with E-state index in [0.717, 1.165) is 23.2 Å². The van der Waals surface area contributed by atoms with Crippen LogP contribution >= 0.6 is 11.8 Å². The highest BCUT2D eigenvalue weighted by atomic mass is 32.2. The lowest BCUT2D eigenvalue weighted by molar-refractivity contribution is 0.318. The number of anilines is 1. The van der Waals surface area contributed by atoms with Gasteiger partial charge in [0, 0.05) is 18.0 Å². The summed E-state index contributed by atoms with van der Waals surface area (Å²) >= 11 is 1.80. The van der Waals surface area contributed by atoms with Crippen molar-refractivity contribution in [1.82, 2.24) is 0 Å². The van der Waals surface area contributed by atoms with Crippen LogP contribution in [0.1, 0.15) is 32.3 Å². The molecule has 3 nitrogen and oxygen atoms in total. The van der Waals surface area contributed by atoms with Crippen LogP contribution in [0.4, 0.5) is 5.69 Å². The predicted molar refractivity (Wildman–Crippen MR) is 82.6 cm³/mol. The second-order valence-corrected chi connectivity index (χ2v) is 5.90. The van der Waals surface area contributed by atoms with Crippen LogP contribution in [0, 0.1) is 16.7 Å². The van der Waals surface area contributed by atoms with Crippen LogP contribution in [0.5, 0.6) is 0 Å². The Bertz CT molecular complexity index is 495. The summed E-state index contributed by atoms with van der Waals surface area (Å²) < 4.78 is 0. The topological polar surface area (TPSA) is 48.2 Å². The maximum atomic E-state index is 8.76. The molecule has 19 heavy (non-hydrogen) atoms. The van der Waals surface area contributed by atoms with Crippen LogP contribution < -0.4 is 5.32 Å². The molecule has 4 heteroatoms. The van der Waals surface area contributed by atoms with Crippen molar-refractivity contribution < 1.29 is 0 Å². The third-order valence-corrected chi connectivity index (χ3v) is 5.10. The molecule has 0 aliphatic carbocycles. The molecule has 0 spiro atoms. The van der Waals surface area contributed by atoms with Gasteiger partial charge in [0.2, 0.25) is 0 Å². The molecular formula is C15H19N3S. The van der Waals surface area contributed by atoms with E-state index < -0.39 is 0 Å². The minimum absolute atomic E-state index is 0.376. The fourth-order valence-corrected chi connectivity index (χ4v) is 3.35. The number of hydrogen-bond donors (Lipinski definition) is 1. The van der Waals surface area contributed by atoms with Gasteiger partial charge in [-0.2, -0.15) is 5.26 Å². The number of hydrogen-bond acceptors (Lipinski definition) is 4. The molecule has 1 aromatic rings. The zero-order chi connectivity index (χ0) is 13.7. The minimum Gasteiger partial charge on any atom is -0.335 e. The summed E-state index contributed by atoms with van der Waals surface area (Å²) in [6.45, 7) is 5.41. The predicted octanol–water partition coefficient (Wildman–Crippen LogP) is 3.88. The number of thioether (sulfide) groups is 1. The second-order valence-electron chi connectivity index (χ2n) is 4.93. The second kappa shape index (κ2) is 6.12. The van der Waals surface area contributed by atoms with E-state index in [2.05, 4.69) is 30.2 Å². The lowest BCUT2D eigenvalue weighted by Gasteiger charge is -2.33. The maximum absolute atomic E-state index is 8.76. The summed E-state index contributed by atoms with van der Waals surface area (Å²) in [5, 5.41) is 13.1. The van der Waals surface area contributed by atoms with Crippen LogP contribution in [0.25, 0.3) is 0 Å². The maximum Gasteiger partial charge on any atom is 0.161 e. The molecule has 2 rings (SSSR count). The molecule has 1 aromatic carbocycles.